The van der Waals surface area contributed by atoms with E-state index in [0.717, 1.165) is 18.5 Å². The molecule has 1 aromatic rings. The highest BCUT2D eigenvalue weighted by Crippen LogP contribution is 2.30. The molecule has 2 atom stereocenters. The van der Waals surface area contributed by atoms with Crippen LogP contribution in [0.1, 0.15) is 24.9 Å². The van der Waals surface area contributed by atoms with Gasteiger partial charge in [0.1, 0.15) is 5.82 Å². The molecule has 1 fully saturated rings. The van der Waals surface area contributed by atoms with E-state index in [-0.39, 0.29) is 23.7 Å². The first kappa shape index (κ1) is 12.0. The highest BCUT2D eigenvalue weighted by Gasteiger charge is 2.34. The zero-order valence-corrected chi connectivity index (χ0v) is 9.78. The Bertz CT molecular complexity index is 408. The third kappa shape index (κ3) is 2.64. The van der Waals surface area contributed by atoms with Crippen molar-refractivity contribution in [2.24, 2.45) is 5.92 Å². The Morgan fingerprint density at radius 2 is 2.41 bits per heavy atom. The molecule has 1 saturated heterocycles. The van der Waals surface area contributed by atoms with Crippen LogP contribution in [0.3, 0.4) is 0 Å². The summed E-state index contributed by atoms with van der Waals surface area (Å²) in [5.41, 5.74) is 0.806. The minimum Gasteiger partial charge on any atom is -0.466 e. The fourth-order valence-corrected chi connectivity index (χ4v) is 2.26. The summed E-state index contributed by atoms with van der Waals surface area (Å²) >= 11 is 0. The minimum atomic E-state index is -0.279. The van der Waals surface area contributed by atoms with E-state index in [4.69, 9.17) is 4.74 Å². The van der Waals surface area contributed by atoms with Crippen molar-refractivity contribution >= 4 is 5.97 Å². The topological polar surface area (TPSA) is 38.3 Å². The van der Waals surface area contributed by atoms with E-state index in [0.29, 0.717) is 6.61 Å². The zero-order chi connectivity index (χ0) is 12.3. The van der Waals surface area contributed by atoms with E-state index in [1.165, 1.54) is 12.1 Å². The van der Waals surface area contributed by atoms with Gasteiger partial charge in [-0.3, -0.25) is 4.79 Å². The third-order valence-electron chi connectivity index (χ3n) is 3.02. The summed E-state index contributed by atoms with van der Waals surface area (Å²) in [5, 5.41) is 3.22. The van der Waals surface area contributed by atoms with Gasteiger partial charge in [0.15, 0.2) is 0 Å². The van der Waals surface area contributed by atoms with Crippen molar-refractivity contribution < 1.29 is 13.9 Å². The second-order valence-corrected chi connectivity index (χ2v) is 4.13. The van der Waals surface area contributed by atoms with E-state index in [1.807, 2.05) is 6.07 Å². The molecule has 0 spiro atoms. The van der Waals surface area contributed by atoms with E-state index < -0.39 is 0 Å². The number of nitrogens with one attached hydrogen (secondary N) is 1. The first-order valence-corrected chi connectivity index (χ1v) is 5.88. The third-order valence-corrected chi connectivity index (χ3v) is 3.02. The summed E-state index contributed by atoms with van der Waals surface area (Å²) in [6, 6.07) is 6.22. The Morgan fingerprint density at radius 3 is 3.12 bits per heavy atom. The molecule has 0 radical (unpaired) electrons. The van der Waals surface area contributed by atoms with Crippen molar-refractivity contribution in [2.75, 3.05) is 13.2 Å². The number of halogens is 1. The molecule has 0 unspecified atom stereocenters. The molecule has 1 N–H and O–H groups in total. The fraction of sp³-hybridized carbons (Fsp3) is 0.462. The molecule has 0 aliphatic carbocycles. The van der Waals surface area contributed by atoms with Gasteiger partial charge >= 0.3 is 5.97 Å². The molecular weight excluding hydrogens is 221 g/mol. The smallest absolute Gasteiger partial charge is 0.310 e. The van der Waals surface area contributed by atoms with Gasteiger partial charge in [0.05, 0.1) is 12.5 Å². The number of benzene rings is 1. The molecule has 3 nitrogen and oxygen atoms in total. The zero-order valence-electron chi connectivity index (χ0n) is 9.78. The van der Waals surface area contributed by atoms with Gasteiger partial charge in [-0.1, -0.05) is 12.1 Å². The van der Waals surface area contributed by atoms with Gasteiger partial charge in [-0.05, 0) is 37.6 Å². The number of rotatable bonds is 3. The lowest BCUT2D eigenvalue weighted by molar-refractivity contribution is -0.148. The molecule has 2 rings (SSSR count). The minimum absolute atomic E-state index is 0.134. The normalized spacial score (nSPS) is 23.6. The summed E-state index contributed by atoms with van der Waals surface area (Å²) in [6.45, 7) is 2.92. The van der Waals surface area contributed by atoms with Gasteiger partial charge in [0.25, 0.3) is 0 Å². The molecule has 1 heterocycles. The van der Waals surface area contributed by atoms with Crippen molar-refractivity contribution in [3.8, 4) is 0 Å². The van der Waals surface area contributed by atoms with Gasteiger partial charge in [-0.2, -0.15) is 0 Å². The van der Waals surface area contributed by atoms with Crippen LogP contribution in [0.5, 0.6) is 0 Å². The molecule has 0 amide bonds. The second-order valence-electron chi connectivity index (χ2n) is 4.13. The molecule has 4 heteroatoms. The average Bonchev–Trinajstić information content (AvgIpc) is 2.78. The van der Waals surface area contributed by atoms with Crippen molar-refractivity contribution in [3.63, 3.8) is 0 Å². The summed E-state index contributed by atoms with van der Waals surface area (Å²) in [5.74, 6) is -0.692. The molecule has 0 saturated carbocycles. The van der Waals surface area contributed by atoms with Crippen LogP contribution >= 0.6 is 0 Å². The Kier molecular flexibility index (Phi) is 3.74. The molecule has 1 aliphatic rings. The highest BCUT2D eigenvalue weighted by molar-refractivity contribution is 5.74. The van der Waals surface area contributed by atoms with Crippen LogP contribution in [-0.4, -0.2) is 19.1 Å². The van der Waals surface area contributed by atoms with Crippen molar-refractivity contribution in [2.45, 2.75) is 19.4 Å². The summed E-state index contributed by atoms with van der Waals surface area (Å²) in [7, 11) is 0. The second kappa shape index (κ2) is 5.27. The van der Waals surface area contributed by atoms with E-state index in [2.05, 4.69) is 5.32 Å². The van der Waals surface area contributed by atoms with E-state index >= 15 is 0 Å². The Hall–Kier alpha value is -1.42. The quantitative estimate of drug-likeness (QED) is 0.817. The number of carbonyl (C=O) groups is 1. The summed E-state index contributed by atoms with van der Waals surface area (Å²) < 4.78 is 18.2. The Morgan fingerprint density at radius 1 is 1.59 bits per heavy atom. The van der Waals surface area contributed by atoms with Gasteiger partial charge in [0, 0.05) is 6.04 Å². The van der Waals surface area contributed by atoms with Crippen molar-refractivity contribution in [3.05, 3.63) is 35.6 Å². The van der Waals surface area contributed by atoms with Crippen molar-refractivity contribution in [1.29, 1.82) is 0 Å². The fourth-order valence-electron chi connectivity index (χ4n) is 2.26. The molecule has 1 aliphatic heterocycles. The van der Waals surface area contributed by atoms with Crippen LogP contribution in [0.25, 0.3) is 0 Å². The predicted molar refractivity (Wildman–Crippen MR) is 61.9 cm³/mol. The lowest BCUT2D eigenvalue weighted by Crippen LogP contribution is -2.25. The largest absolute Gasteiger partial charge is 0.466 e. The monoisotopic (exact) mass is 237 g/mol. The number of esters is 1. The number of hydrogen-bond donors (Lipinski definition) is 1. The van der Waals surface area contributed by atoms with E-state index in [1.54, 1.807) is 13.0 Å². The van der Waals surface area contributed by atoms with Gasteiger partial charge in [-0.25, -0.2) is 4.39 Å². The van der Waals surface area contributed by atoms with Crippen LogP contribution < -0.4 is 5.32 Å². The lowest BCUT2D eigenvalue weighted by Gasteiger charge is -2.18. The molecule has 1 aromatic carbocycles. The van der Waals surface area contributed by atoms with Gasteiger partial charge in [-0.15, -0.1) is 0 Å². The van der Waals surface area contributed by atoms with Crippen LogP contribution in [-0.2, 0) is 9.53 Å². The van der Waals surface area contributed by atoms with Crippen LogP contribution in [0.15, 0.2) is 24.3 Å². The Labute approximate surface area is 100.0 Å². The molecular formula is C13H16FNO2. The van der Waals surface area contributed by atoms with Gasteiger partial charge in [0.2, 0.25) is 0 Å². The first-order chi connectivity index (χ1) is 8.22. The first-order valence-electron chi connectivity index (χ1n) is 5.88. The maximum atomic E-state index is 13.2. The molecule has 17 heavy (non-hydrogen) atoms. The van der Waals surface area contributed by atoms with Gasteiger partial charge < -0.3 is 10.1 Å². The molecule has 0 aromatic heterocycles. The number of ether oxygens (including phenoxy) is 1. The van der Waals surface area contributed by atoms with Crippen LogP contribution in [0, 0.1) is 11.7 Å². The maximum Gasteiger partial charge on any atom is 0.310 e. The highest BCUT2D eigenvalue weighted by atomic mass is 19.1. The Balaban J connectivity index is 2.17. The number of carbonyl (C=O) groups excluding carboxylic acids is 1. The summed E-state index contributed by atoms with van der Waals surface area (Å²) in [6.07, 6.45) is 0.736. The predicted octanol–water partition coefficient (Wildman–Crippen LogP) is 2.04. The van der Waals surface area contributed by atoms with E-state index in [9.17, 15) is 9.18 Å². The standard InChI is InChI=1S/C13H16FNO2/c1-2-17-13(16)11-6-7-15-12(11)9-4-3-5-10(14)8-9/h3-5,8,11-12,15H,2,6-7H2,1H3/t11-,12-/m1/s1. The SMILES string of the molecule is CCOC(=O)[C@@H]1CCN[C@@H]1c1cccc(F)c1. The van der Waals surface area contributed by atoms with Crippen molar-refractivity contribution in [1.82, 2.24) is 5.32 Å². The van der Waals surface area contributed by atoms with Crippen LogP contribution in [0.4, 0.5) is 4.39 Å². The van der Waals surface area contributed by atoms with Crippen LogP contribution in [0.2, 0.25) is 0 Å². The average molecular weight is 237 g/mol. The molecule has 92 valence electrons. The summed E-state index contributed by atoms with van der Waals surface area (Å²) in [4.78, 5) is 11.8. The number of hydrogen-bond acceptors (Lipinski definition) is 3. The molecule has 0 bridgehead atoms. The maximum absolute atomic E-state index is 13.2. The lowest BCUT2D eigenvalue weighted by atomic mass is 9.94.